The van der Waals surface area contributed by atoms with Crippen LogP contribution in [0.3, 0.4) is 0 Å². The molecule has 0 atom stereocenters. The van der Waals surface area contributed by atoms with Gasteiger partial charge in [0.25, 0.3) is 0 Å². The van der Waals surface area contributed by atoms with Crippen molar-refractivity contribution in [1.29, 1.82) is 0 Å². The van der Waals surface area contributed by atoms with Crippen LogP contribution in [0.15, 0.2) is 23.3 Å². The Morgan fingerprint density at radius 1 is 0.867 bits per heavy atom. The van der Waals surface area contributed by atoms with Gasteiger partial charge in [0.15, 0.2) is 0 Å². The van der Waals surface area contributed by atoms with Crippen molar-refractivity contribution in [2.24, 2.45) is 0 Å². The molecule has 0 bridgehead atoms. The van der Waals surface area contributed by atoms with E-state index in [0.29, 0.717) is 0 Å². The lowest BCUT2D eigenvalue weighted by molar-refractivity contribution is 0.434. The van der Waals surface area contributed by atoms with Gasteiger partial charge < -0.3 is 4.90 Å². The Morgan fingerprint density at radius 3 is 1.27 bits per heavy atom. The maximum atomic E-state index is 2.27. The first-order chi connectivity index (χ1) is 6.99. The molecule has 15 heavy (non-hydrogen) atoms. The SMILES string of the molecule is CCC=C(C)C(C)=CCC.CCN(C)C. The monoisotopic (exact) mass is 211 g/mol. The zero-order chi connectivity index (χ0) is 12.3. The molecular weight excluding hydrogens is 182 g/mol. The van der Waals surface area contributed by atoms with Crippen LogP contribution in [0, 0.1) is 0 Å². The van der Waals surface area contributed by atoms with Crippen molar-refractivity contribution < 1.29 is 0 Å². The Balaban J connectivity index is 0. The summed E-state index contributed by atoms with van der Waals surface area (Å²) in [4.78, 5) is 2.12. The Kier molecular flexibility index (Phi) is 12.9. The van der Waals surface area contributed by atoms with Crippen LogP contribution in [0.1, 0.15) is 47.5 Å². The lowest BCUT2D eigenvalue weighted by atomic mass is 10.1. The van der Waals surface area contributed by atoms with Crippen LogP contribution in [-0.4, -0.2) is 25.5 Å². The van der Waals surface area contributed by atoms with Crippen molar-refractivity contribution in [3.8, 4) is 0 Å². The van der Waals surface area contributed by atoms with Crippen molar-refractivity contribution in [2.45, 2.75) is 47.5 Å². The number of allylic oxidation sites excluding steroid dienone is 4. The summed E-state index contributed by atoms with van der Waals surface area (Å²) in [5, 5.41) is 0. The molecule has 0 fully saturated rings. The quantitative estimate of drug-likeness (QED) is 0.628. The van der Waals surface area contributed by atoms with E-state index in [1.54, 1.807) is 0 Å². The van der Waals surface area contributed by atoms with Crippen LogP contribution >= 0.6 is 0 Å². The average molecular weight is 211 g/mol. The number of rotatable bonds is 4. The Labute approximate surface area is 96.9 Å². The fraction of sp³-hybridized carbons (Fsp3) is 0.714. The predicted octanol–water partition coefficient (Wildman–Crippen LogP) is 4.27. The minimum absolute atomic E-state index is 1.14. The van der Waals surface area contributed by atoms with Crippen LogP contribution in [0.5, 0.6) is 0 Å². The molecular formula is C14H29N. The van der Waals surface area contributed by atoms with Gasteiger partial charge in [-0.3, -0.25) is 0 Å². The summed E-state index contributed by atoms with van der Waals surface area (Å²) in [6.45, 7) is 11.9. The average Bonchev–Trinajstić information content (AvgIpc) is 2.19. The van der Waals surface area contributed by atoms with Gasteiger partial charge in [0, 0.05) is 0 Å². The van der Waals surface area contributed by atoms with Gasteiger partial charge in [-0.2, -0.15) is 0 Å². The normalized spacial score (nSPS) is 12.5. The van der Waals surface area contributed by atoms with Gasteiger partial charge in [0.1, 0.15) is 0 Å². The smallest absolute Gasteiger partial charge is 0.00533 e. The predicted molar refractivity (Wildman–Crippen MR) is 72.3 cm³/mol. The summed E-state index contributed by atoms with van der Waals surface area (Å²) >= 11 is 0. The summed E-state index contributed by atoms with van der Waals surface area (Å²) in [5.74, 6) is 0. The van der Waals surface area contributed by atoms with E-state index in [0.717, 1.165) is 19.4 Å². The van der Waals surface area contributed by atoms with Gasteiger partial charge in [0.2, 0.25) is 0 Å². The molecule has 0 aromatic carbocycles. The summed E-state index contributed by atoms with van der Waals surface area (Å²) in [6.07, 6.45) is 6.81. The molecule has 0 rings (SSSR count). The zero-order valence-corrected chi connectivity index (χ0v) is 11.7. The van der Waals surface area contributed by atoms with Crippen molar-refractivity contribution in [3.63, 3.8) is 0 Å². The van der Waals surface area contributed by atoms with Crippen LogP contribution in [0.2, 0.25) is 0 Å². The number of hydrogen-bond donors (Lipinski definition) is 0. The highest BCUT2D eigenvalue weighted by Crippen LogP contribution is 2.09. The zero-order valence-electron chi connectivity index (χ0n) is 11.7. The maximum Gasteiger partial charge on any atom is -0.00533 e. The van der Waals surface area contributed by atoms with Crippen molar-refractivity contribution in [3.05, 3.63) is 23.3 Å². The largest absolute Gasteiger partial charge is 0.310 e. The van der Waals surface area contributed by atoms with Crippen LogP contribution in [0.25, 0.3) is 0 Å². The first-order valence-corrected chi connectivity index (χ1v) is 5.98. The molecule has 0 unspecified atom stereocenters. The van der Waals surface area contributed by atoms with E-state index < -0.39 is 0 Å². The first kappa shape index (κ1) is 16.9. The molecule has 0 radical (unpaired) electrons. The highest BCUT2D eigenvalue weighted by atomic mass is 15.0. The second kappa shape index (κ2) is 11.5. The molecule has 0 N–H and O–H groups in total. The van der Waals surface area contributed by atoms with Gasteiger partial charge in [0.05, 0.1) is 0 Å². The first-order valence-electron chi connectivity index (χ1n) is 5.98. The Morgan fingerprint density at radius 2 is 1.13 bits per heavy atom. The fourth-order valence-electron chi connectivity index (χ4n) is 0.934. The van der Waals surface area contributed by atoms with Crippen molar-refractivity contribution in [1.82, 2.24) is 4.90 Å². The summed E-state index contributed by atoms with van der Waals surface area (Å²) in [5.41, 5.74) is 2.84. The maximum absolute atomic E-state index is 2.27. The van der Waals surface area contributed by atoms with E-state index in [-0.39, 0.29) is 0 Å². The van der Waals surface area contributed by atoms with E-state index in [1.165, 1.54) is 11.1 Å². The highest BCUT2D eigenvalue weighted by Gasteiger charge is 1.88. The molecule has 0 spiro atoms. The molecule has 0 aromatic heterocycles. The van der Waals surface area contributed by atoms with E-state index in [2.05, 4.69) is 65.8 Å². The Bertz CT molecular complexity index is 170. The molecule has 0 heterocycles. The second-order valence-electron chi connectivity index (χ2n) is 3.99. The second-order valence-corrected chi connectivity index (χ2v) is 3.99. The third-order valence-corrected chi connectivity index (χ3v) is 2.28. The van der Waals surface area contributed by atoms with Crippen molar-refractivity contribution >= 4 is 0 Å². The standard InChI is InChI=1S/C10H18.C4H11N/c1-5-7-9(3)10(4)8-6-2;1-4-5(2)3/h7-8H,5-6H2,1-4H3;4H2,1-3H3. The van der Waals surface area contributed by atoms with Gasteiger partial charge in [-0.25, -0.2) is 0 Å². The molecule has 0 aromatic rings. The molecule has 0 saturated heterocycles. The molecule has 0 aliphatic carbocycles. The van der Waals surface area contributed by atoms with Crippen molar-refractivity contribution in [2.75, 3.05) is 20.6 Å². The lowest BCUT2D eigenvalue weighted by Gasteiger charge is -2.00. The van der Waals surface area contributed by atoms with Crippen LogP contribution in [0.4, 0.5) is 0 Å². The minimum atomic E-state index is 1.14. The van der Waals surface area contributed by atoms with E-state index >= 15 is 0 Å². The molecule has 0 aliphatic heterocycles. The summed E-state index contributed by atoms with van der Waals surface area (Å²) in [6, 6.07) is 0. The summed E-state index contributed by atoms with van der Waals surface area (Å²) in [7, 11) is 4.11. The highest BCUT2D eigenvalue weighted by molar-refractivity contribution is 5.26. The number of hydrogen-bond acceptors (Lipinski definition) is 1. The molecule has 0 saturated carbocycles. The van der Waals surface area contributed by atoms with Gasteiger partial charge in [-0.15, -0.1) is 0 Å². The molecule has 1 heteroatoms. The molecule has 0 amide bonds. The van der Waals surface area contributed by atoms with Crippen LogP contribution in [-0.2, 0) is 0 Å². The van der Waals surface area contributed by atoms with Gasteiger partial charge >= 0.3 is 0 Å². The van der Waals surface area contributed by atoms with E-state index in [4.69, 9.17) is 0 Å². The van der Waals surface area contributed by atoms with Gasteiger partial charge in [-0.05, 0) is 47.3 Å². The number of nitrogens with zero attached hydrogens (tertiary/aromatic N) is 1. The topological polar surface area (TPSA) is 3.24 Å². The lowest BCUT2D eigenvalue weighted by Crippen LogP contribution is -2.08. The Hall–Kier alpha value is -0.560. The molecule has 0 aliphatic rings. The molecule has 1 nitrogen and oxygen atoms in total. The van der Waals surface area contributed by atoms with Gasteiger partial charge in [-0.1, -0.05) is 44.1 Å². The van der Waals surface area contributed by atoms with E-state index in [1.807, 2.05) is 0 Å². The minimum Gasteiger partial charge on any atom is -0.310 e. The van der Waals surface area contributed by atoms with Crippen LogP contribution < -0.4 is 0 Å². The fourth-order valence-corrected chi connectivity index (χ4v) is 0.934. The van der Waals surface area contributed by atoms with E-state index in [9.17, 15) is 0 Å². The third kappa shape index (κ3) is 13.4. The molecule has 90 valence electrons. The third-order valence-electron chi connectivity index (χ3n) is 2.28. The summed E-state index contributed by atoms with van der Waals surface area (Å²) < 4.78 is 0.